The molecule has 0 saturated heterocycles. The summed E-state index contributed by atoms with van der Waals surface area (Å²) in [5.74, 6) is 0.978. The van der Waals surface area contributed by atoms with E-state index in [-0.39, 0.29) is 5.82 Å². The Kier molecular flexibility index (Phi) is 3.98. The number of nitrogens with two attached hydrogens (primary N) is 1. The van der Waals surface area contributed by atoms with E-state index in [9.17, 15) is 4.39 Å². The summed E-state index contributed by atoms with van der Waals surface area (Å²) < 4.78 is 19.0. The smallest absolute Gasteiger partial charge is 0.137 e. The van der Waals surface area contributed by atoms with Crippen molar-refractivity contribution in [1.82, 2.24) is 0 Å². The summed E-state index contributed by atoms with van der Waals surface area (Å²) in [4.78, 5) is 0. The molecule has 0 heterocycles. The third kappa shape index (κ3) is 3.21. The molecule has 2 nitrogen and oxygen atoms in total. The molecule has 0 radical (unpaired) electrons. The van der Waals surface area contributed by atoms with Crippen molar-refractivity contribution in [3.8, 4) is 22.6 Å². The van der Waals surface area contributed by atoms with Gasteiger partial charge in [-0.1, -0.05) is 23.7 Å². The van der Waals surface area contributed by atoms with Crippen molar-refractivity contribution in [3.05, 3.63) is 77.6 Å². The molecule has 3 aromatic rings. The zero-order valence-electron chi connectivity index (χ0n) is 11.6. The molecule has 3 aromatic carbocycles. The molecule has 0 spiro atoms. The van der Waals surface area contributed by atoms with Gasteiger partial charge in [0.25, 0.3) is 0 Å². The fraction of sp³-hybridized carbons (Fsp3) is 0. The van der Waals surface area contributed by atoms with Crippen molar-refractivity contribution in [2.24, 2.45) is 0 Å². The number of hydrogen-bond acceptors (Lipinski definition) is 2. The van der Waals surface area contributed by atoms with Gasteiger partial charge in [-0.15, -0.1) is 0 Å². The Morgan fingerprint density at radius 1 is 0.864 bits per heavy atom. The van der Waals surface area contributed by atoms with Crippen LogP contribution in [0.15, 0.2) is 66.7 Å². The minimum absolute atomic E-state index is 0.278. The van der Waals surface area contributed by atoms with Crippen LogP contribution in [0.4, 0.5) is 10.1 Å². The molecular formula is C18H13ClFNO. The highest BCUT2D eigenvalue weighted by Gasteiger charge is 2.09. The third-order valence-corrected chi connectivity index (χ3v) is 3.45. The Labute approximate surface area is 132 Å². The van der Waals surface area contributed by atoms with Crippen LogP contribution in [0.25, 0.3) is 11.1 Å². The second kappa shape index (κ2) is 6.08. The fourth-order valence-electron chi connectivity index (χ4n) is 2.12. The van der Waals surface area contributed by atoms with Crippen molar-refractivity contribution >= 4 is 17.3 Å². The van der Waals surface area contributed by atoms with Gasteiger partial charge in [-0.25, -0.2) is 4.39 Å². The molecule has 0 aromatic heterocycles. The lowest BCUT2D eigenvalue weighted by molar-refractivity contribution is 0.485. The van der Waals surface area contributed by atoms with Crippen LogP contribution in [-0.4, -0.2) is 0 Å². The van der Waals surface area contributed by atoms with E-state index in [4.69, 9.17) is 22.1 Å². The summed E-state index contributed by atoms with van der Waals surface area (Å²) in [5.41, 5.74) is 8.13. The van der Waals surface area contributed by atoms with Gasteiger partial charge in [0.15, 0.2) is 0 Å². The van der Waals surface area contributed by atoms with E-state index in [1.807, 2.05) is 6.07 Å². The van der Waals surface area contributed by atoms with Crippen LogP contribution < -0.4 is 10.5 Å². The summed E-state index contributed by atoms with van der Waals surface area (Å²) in [6.45, 7) is 0. The molecular weight excluding hydrogens is 301 g/mol. The van der Waals surface area contributed by atoms with E-state index in [1.54, 1.807) is 48.5 Å². The number of halogens is 2. The lowest BCUT2D eigenvalue weighted by Crippen LogP contribution is -1.92. The standard InChI is InChI=1S/C18H13ClFNO/c19-13-3-8-16(9-4-13)22-18-11-15(21)7-10-17(18)12-1-5-14(20)6-2-12/h1-11H,21H2. The van der Waals surface area contributed by atoms with Gasteiger partial charge in [0, 0.05) is 22.3 Å². The second-order valence-corrected chi connectivity index (χ2v) is 5.25. The van der Waals surface area contributed by atoms with Gasteiger partial charge < -0.3 is 10.5 Å². The van der Waals surface area contributed by atoms with Crippen molar-refractivity contribution in [2.75, 3.05) is 5.73 Å². The zero-order chi connectivity index (χ0) is 15.5. The van der Waals surface area contributed by atoms with Gasteiger partial charge in [-0.05, 0) is 54.1 Å². The maximum absolute atomic E-state index is 13.1. The summed E-state index contributed by atoms with van der Waals surface area (Å²) in [6.07, 6.45) is 0. The quantitative estimate of drug-likeness (QED) is 0.646. The molecule has 0 amide bonds. The second-order valence-electron chi connectivity index (χ2n) is 4.82. The van der Waals surface area contributed by atoms with Crippen molar-refractivity contribution in [3.63, 3.8) is 0 Å². The minimum atomic E-state index is -0.278. The molecule has 0 aliphatic carbocycles. The molecule has 110 valence electrons. The maximum atomic E-state index is 13.1. The molecule has 3 rings (SSSR count). The van der Waals surface area contributed by atoms with Crippen molar-refractivity contribution in [1.29, 1.82) is 0 Å². The summed E-state index contributed by atoms with van der Waals surface area (Å²) >= 11 is 5.87. The number of anilines is 1. The van der Waals surface area contributed by atoms with Gasteiger partial charge in [-0.2, -0.15) is 0 Å². The van der Waals surface area contributed by atoms with Crippen LogP contribution in [0, 0.1) is 5.82 Å². The number of hydrogen-bond donors (Lipinski definition) is 1. The Balaban J connectivity index is 2.00. The normalized spacial score (nSPS) is 10.5. The number of ether oxygens (including phenoxy) is 1. The number of benzene rings is 3. The molecule has 0 aliphatic rings. The van der Waals surface area contributed by atoms with Crippen LogP contribution in [0.3, 0.4) is 0 Å². The highest BCUT2D eigenvalue weighted by atomic mass is 35.5. The molecule has 4 heteroatoms. The number of nitrogen functional groups attached to an aromatic ring is 1. The van der Waals surface area contributed by atoms with Crippen LogP contribution >= 0.6 is 11.6 Å². The van der Waals surface area contributed by atoms with Gasteiger partial charge in [0.1, 0.15) is 17.3 Å². The minimum Gasteiger partial charge on any atom is -0.457 e. The summed E-state index contributed by atoms with van der Waals surface area (Å²) in [7, 11) is 0. The van der Waals surface area contributed by atoms with E-state index in [2.05, 4.69) is 0 Å². The average molecular weight is 314 g/mol. The maximum Gasteiger partial charge on any atom is 0.137 e. The highest BCUT2D eigenvalue weighted by Crippen LogP contribution is 2.35. The molecule has 0 saturated carbocycles. The Bertz CT molecular complexity index is 785. The topological polar surface area (TPSA) is 35.2 Å². The molecule has 0 bridgehead atoms. The predicted octanol–water partition coefficient (Wildman–Crippen LogP) is 5.52. The average Bonchev–Trinajstić information content (AvgIpc) is 2.51. The molecule has 22 heavy (non-hydrogen) atoms. The van der Waals surface area contributed by atoms with Gasteiger partial charge in [0.05, 0.1) is 0 Å². The molecule has 0 aliphatic heterocycles. The number of rotatable bonds is 3. The monoisotopic (exact) mass is 313 g/mol. The SMILES string of the molecule is Nc1ccc(-c2ccc(F)cc2)c(Oc2ccc(Cl)cc2)c1. The van der Waals surface area contributed by atoms with Gasteiger partial charge in [0.2, 0.25) is 0 Å². The van der Waals surface area contributed by atoms with Gasteiger partial charge >= 0.3 is 0 Å². The van der Waals surface area contributed by atoms with E-state index >= 15 is 0 Å². The van der Waals surface area contributed by atoms with E-state index in [0.29, 0.717) is 22.2 Å². The molecule has 0 fully saturated rings. The predicted molar refractivity (Wildman–Crippen MR) is 87.8 cm³/mol. The first-order chi connectivity index (χ1) is 10.6. The summed E-state index contributed by atoms with van der Waals surface area (Å²) in [6, 6.07) is 18.7. The van der Waals surface area contributed by atoms with Crippen LogP contribution in [0.5, 0.6) is 11.5 Å². The van der Waals surface area contributed by atoms with Gasteiger partial charge in [-0.3, -0.25) is 0 Å². The Morgan fingerprint density at radius 3 is 2.23 bits per heavy atom. The van der Waals surface area contributed by atoms with E-state index in [1.165, 1.54) is 12.1 Å². The van der Waals surface area contributed by atoms with Crippen molar-refractivity contribution < 1.29 is 9.13 Å². The fourth-order valence-corrected chi connectivity index (χ4v) is 2.25. The molecule has 0 unspecified atom stereocenters. The van der Waals surface area contributed by atoms with E-state index in [0.717, 1.165) is 11.1 Å². The first-order valence-electron chi connectivity index (χ1n) is 6.71. The highest BCUT2D eigenvalue weighted by molar-refractivity contribution is 6.30. The zero-order valence-corrected chi connectivity index (χ0v) is 12.3. The Hall–Kier alpha value is -2.52. The lowest BCUT2D eigenvalue weighted by Gasteiger charge is -2.12. The largest absolute Gasteiger partial charge is 0.457 e. The molecule has 0 atom stereocenters. The Morgan fingerprint density at radius 2 is 1.55 bits per heavy atom. The first kappa shape index (κ1) is 14.4. The van der Waals surface area contributed by atoms with E-state index < -0.39 is 0 Å². The van der Waals surface area contributed by atoms with Crippen LogP contribution in [0.1, 0.15) is 0 Å². The molecule has 2 N–H and O–H groups in total. The first-order valence-corrected chi connectivity index (χ1v) is 7.08. The third-order valence-electron chi connectivity index (χ3n) is 3.20. The van der Waals surface area contributed by atoms with Crippen molar-refractivity contribution in [2.45, 2.75) is 0 Å². The lowest BCUT2D eigenvalue weighted by atomic mass is 10.0. The summed E-state index contributed by atoms with van der Waals surface area (Å²) in [5, 5.41) is 0.638. The van der Waals surface area contributed by atoms with Crippen LogP contribution in [0.2, 0.25) is 5.02 Å². The van der Waals surface area contributed by atoms with Crippen LogP contribution in [-0.2, 0) is 0 Å².